The monoisotopic (exact) mass is 340 g/mol. The highest BCUT2D eigenvalue weighted by Crippen LogP contribution is 2.27. The van der Waals surface area contributed by atoms with Gasteiger partial charge in [-0.2, -0.15) is 0 Å². The molecule has 0 bridgehead atoms. The standard InChI is InChI=1S/C15H14BrClO2/c1-10-3-4-12(17)8-15(10)19-9-11-7-13(18-2)5-6-14(11)16/h3-8H,9H2,1-2H3. The van der Waals surface area contributed by atoms with Crippen LogP contribution in [0.1, 0.15) is 11.1 Å². The summed E-state index contributed by atoms with van der Waals surface area (Å²) in [6.45, 7) is 2.45. The maximum atomic E-state index is 5.97. The summed E-state index contributed by atoms with van der Waals surface area (Å²) in [5, 5.41) is 0.672. The van der Waals surface area contributed by atoms with Crippen LogP contribution >= 0.6 is 27.5 Å². The van der Waals surface area contributed by atoms with Gasteiger partial charge in [0.1, 0.15) is 18.1 Å². The van der Waals surface area contributed by atoms with Crippen molar-refractivity contribution in [3.8, 4) is 11.5 Å². The highest BCUT2D eigenvalue weighted by molar-refractivity contribution is 9.10. The first kappa shape index (κ1) is 14.2. The van der Waals surface area contributed by atoms with Crippen LogP contribution < -0.4 is 9.47 Å². The lowest BCUT2D eigenvalue weighted by Crippen LogP contribution is -1.98. The van der Waals surface area contributed by atoms with E-state index >= 15 is 0 Å². The normalized spacial score (nSPS) is 10.3. The summed E-state index contributed by atoms with van der Waals surface area (Å²) in [4.78, 5) is 0. The molecule has 0 fully saturated rings. The molecule has 2 nitrogen and oxygen atoms in total. The number of hydrogen-bond acceptors (Lipinski definition) is 2. The third kappa shape index (κ3) is 3.64. The fourth-order valence-corrected chi connectivity index (χ4v) is 2.20. The minimum atomic E-state index is 0.457. The zero-order valence-electron chi connectivity index (χ0n) is 10.7. The first-order valence-electron chi connectivity index (χ1n) is 5.81. The average molecular weight is 342 g/mol. The molecule has 2 aromatic rings. The van der Waals surface area contributed by atoms with E-state index in [0.29, 0.717) is 11.6 Å². The number of hydrogen-bond donors (Lipinski definition) is 0. The highest BCUT2D eigenvalue weighted by Gasteiger charge is 2.05. The number of ether oxygens (including phenoxy) is 2. The van der Waals surface area contributed by atoms with Gasteiger partial charge in [-0.1, -0.05) is 33.6 Å². The molecule has 0 aliphatic rings. The van der Waals surface area contributed by atoms with Gasteiger partial charge in [0.05, 0.1) is 7.11 Å². The zero-order chi connectivity index (χ0) is 13.8. The van der Waals surface area contributed by atoms with E-state index in [1.165, 1.54) is 0 Å². The van der Waals surface area contributed by atoms with Crippen molar-refractivity contribution in [3.63, 3.8) is 0 Å². The Hall–Kier alpha value is -1.19. The Balaban J connectivity index is 2.16. The predicted molar refractivity (Wildman–Crippen MR) is 81.2 cm³/mol. The lowest BCUT2D eigenvalue weighted by Gasteiger charge is -2.11. The summed E-state index contributed by atoms with van der Waals surface area (Å²) in [7, 11) is 1.65. The van der Waals surface area contributed by atoms with Crippen molar-refractivity contribution in [3.05, 3.63) is 57.0 Å². The number of benzene rings is 2. The fourth-order valence-electron chi connectivity index (χ4n) is 1.67. The molecule has 0 aliphatic carbocycles. The van der Waals surface area contributed by atoms with Crippen molar-refractivity contribution in [2.75, 3.05) is 7.11 Å². The van der Waals surface area contributed by atoms with Crippen molar-refractivity contribution in [2.45, 2.75) is 13.5 Å². The second-order valence-corrected chi connectivity index (χ2v) is 5.45. The van der Waals surface area contributed by atoms with Crippen molar-refractivity contribution in [2.24, 2.45) is 0 Å². The van der Waals surface area contributed by atoms with E-state index in [-0.39, 0.29) is 0 Å². The van der Waals surface area contributed by atoms with Crippen LogP contribution in [0.4, 0.5) is 0 Å². The van der Waals surface area contributed by atoms with Gasteiger partial charge in [-0.25, -0.2) is 0 Å². The highest BCUT2D eigenvalue weighted by atomic mass is 79.9. The number of halogens is 2. The van der Waals surface area contributed by atoms with Crippen molar-refractivity contribution in [1.29, 1.82) is 0 Å². The van der Waals surface area contributed by atoms with Crippen LogP contribution in [0.2, 0.25) is 5.02 Å². The third-order valence-corrected chi connectivity index (χ3v) is 3.79. The fraction of sp³-hybridized carbons (Fsp3) is 0.200. The molecule has 0 aromatic heterocycles. The molecule has 0 N–H and O–H groups in total. The summed E-state index contributed by atoms with van der Waals surface area (Å²) in [5.74, 6) is 1.60. The molecule has 0 saturated carbocycles. The molecule has 2 rings (SSSR count). The SMILES string of the molecule is COc1ccc(Br)c(COc2cc(Cl)ccc2C)c1. The summed E-state index contributed by atoms with van der Waals surface area (Å²) < 4.78 is 12.0. The van der Waals surface area contributed by atoms with Gasteiger partial charge in [0.15, 0.2) is 0 Å². The quantitative estimate of drug-likeness (QED) is 0.779. The summed E-state index contributed by atoms with van der Waals surface area (Å²) in [6.07, 6.45) is 0. The van der Waals surface area contributed by atoms with Crippen LogP contribution in [-0.2, 0) is 6.61 Å². The molecule has 4 heteroatoms. The molecular weight excluding hydrogens is 328 g/mol. The van der Waals surface area contributed by atoms with Crippen LogP contribution in [-0.4, -0.2) is 7.11 Å². The average Bonchev–Trinajstić information content (AvgIpc) is 2.41. The van der Waals surface area contributed by atoms with Gasteiger partial charge < -0.3 is 9.47 Å². The van der Waals surface area contributed by atoms with Crippen LogP contribution in [0.15, 0.2) is 40.9 Å². The second-order valence-electron chi connectivity index (χ2n) is 4.16. The summed E-state index contributed by atoms with van der Waals surface area (Å²) >= 11 is 9.47. The van der Waals surface area contributed by atoms with Gasteiger partial charge in [0, 0.05) is 15.1 Å². The molecule has 0 spiro atoms. The van der Waals surface area contributed by atoms with E-state index in [1.807, 2.05) is 43.3 Å². The lowest BCUT2D eigenvalue weighted by molar-refractivity contribution is 0.302. The molecule has 0 atom stereocenters. The van der Waals surface area contributed by atoms with E-state index in [0.717, 1.165) is 27.1 Å². The molecule has 0 saturated heterocycles. The Morgan fingerprint density at radius 2 is 1.95 bits per heavy atom. The Morgan fingerprint density at radius 3 is 2.68 bits per heavy atom. The minimum Gasteiger partial charge on any atom is -0.497 e. The van der Waals surface area contributed by atoms with Crippen LogP contribution in [0, 0.1) is 6.92 Å². The van der Waals surface area contributed by atoms with Gasteiger partial charge in [-0.15, -0.1) is 0 Å². The second kappa shape index (κ2) is 6.31. The van der Waals surface area contributed by atoms with E-state index in [4.69, 9.17) is 21.1 Å². The van der Waals surface area contributed by atoms with Gasteiger partial charge in [0.2, 0.25) is 0 Å². The summed E-state index contributed by atoms with van der Waals surface area (Å²) in [6, 6.07) is 11.4. The minimum absolute atomic E-state index is 0.457. The first-order chi connectivity index (χ1) is 9.10. The van der Waals surface area contributed by atoms with Crippen molar-refractivity contribution >= 4 is 27.5 Å². The molecule has 0 amide bonds. The van der Waals surface area contributed by atoms with Gasteiger partial charge >= 0.3 is 0 Å². The third-order valence-electron chi connectivity index (χ3n) is 2.79. The largest absolute Gasteiger partial charge is 0.497 e. The maximum absolute atomic E-state index is 5.97. The summed E-state index contributed by atoms with van der Waals surface area (Å²) in [5.41, 5.74) is 2.09. The lowest BCUT2D eigenvalue weighted by atomic mass is 10.2. The Kier molecular flexibility index (Phi) is 4.72. The molecule has 0 unspecified atom stereocenters. The smallest absolute Gasteiger partial charge is 0.124 e. The zero-order valence-corrected chi connectivity index (χ0v) is 13.1. The molecule has 100 valence electrons. The number of rotatable bonds is 4. The molecule has 0 heterocycles. The topological polar surface area (TPSA) is 18.5 Å². The van der Waals surface area contributed by atoms with E-state index in [9.17, 15) is 0 Å². The molecular formula is C15H14BrClO2. The van der Waals surface area contributed by atoms with Crippen molar-refractivity contribution in [1.82, 2.24) is 0 Å². The van der Waals surface area contributed by atoms with E-state index in [1.54, 1.807) is 7.11 Å². The van der Waals surface area contributed by atoms with E-state index in [2.05, 4.69) is 15.9 Å². The van der Waals surface area contributed by atoms with Gasteiger partial charge in [0.25, 0.3) is 0 Å². The predicted octanol–water partition coefficient (Wildman–Crippen LogP) is 5.00. The van der Waals surface area contributed by atoms with Crippen LogP contribution in [0.5, 0.6) is 11.5 Å². The molecule has 0 radical (unpaired) electrons. The molecule has 19 heavy (non-hydrogen) atoms. The van der Waals surface area contributed by atoms with E-state index < -0.39 is 0 Å². The van der Waals surface area contributed by atoms with Crippen molar-refractivity contribution < 1.29 is 9.47 Å². The van der Waals surface area contributed by atoms with Crippen LogP contribution in [0.25, 0.3) is 0 Å². The number of methoxy groups -OCH3 is 1. The maximum Gasteiger partial charge on any atom is 0.124 e. The molecule has 0 aliphatic heterocycles. The van der Waals surface area contributed by atoms with Gasteiger partial charge in [-0.3, -0.25) is 0 Å². The Labute approximate surface area is 126 Å². The first-order valence-corrected chi connectivity index (χ1v) is 6.98. The molecule has 2 aromatic carbocycles. The van der Waals surface area contributed by atoms with Gasteiger partial charge in [-0.05, 0) is 42.8 Å². The Bertz CT molecular complexity index is 584. The van der Waals surface area contributed by atoms with Crippen LogP contribution in [0.3, 0.4) is 0 Å². The number of aryl methyl sites for hydroxylation is 1. The Morgan fingerprint density at radius 1 is 1.16 bits per heavy atom.